The summed E-state index contributed by atoms with van der Waals surface area (Å²) in [4.78, 5) is 0. The molecule has 0 saturated carbocycles. The van der Waals surface area contributed by atoms with Crippen molar-refractivity contribution in [2.75, 3.05) is 13.1 Å². The third-order valence-corrected chi connectivity index (χ3v) is 0. The second-order valence-electron chi connectivity index (χ2n) is 1.26. The van der Waals surface area contributed by atoms with E-state index in [1.807, 2.05) is 13.8 Å². The van der Waals surface area contributed by atoms with Crippen molar-refractivity contribution in [1.82, 2.24) is 0 Å². The Hall–Kier alpha value is -0.210. The van der Waals surface area contributed by atoms with Gasteiger partial charge in [0.05, 0.1) is 0 Å². The van der Waals surface area contributed by atoms with Gasteiger partial charge in [-0.15, -0.1) is 0 Å². The monoisotopic (exact) mass is 188 g/mol. The summed E-state index contributed by atoms with van der Waals surface area (Å²) >= 11 is 0. The van der Waals surface area contributed by atoms with Crippen molar-refractivity contribution in [2.45, 2.75) is 13.8 Å². The number of hydrogen-bond acceptors (Lipinski definition) is 4. The fourth-order valence-electron chi connectivity index (χ4n) is 0. The maximum Gasteiger partial charge on any atom is 0.394 e. The van der Waals surface area contributed by atoms with Crippen LogP contribution in [0.2, 0.25) is 0 Å². The molecule has 0 spiro atoms. The Morgan fingerprint density at radius 2 is 1.09 bits per heavy atom. The van der Waals surface area contributed by atoms with Gasteiger partial charge in [-0.3, -0.25) is 9.11 Å². The predicted molar refractivity (Wildman–Crippen MR) is 43.6 cm³/mol. The molecule has 0 heterocycles. The minimum Gasteiger partial charge on any atom is -0.331 e. The van der Waals surface area contributed by atoms with Crippen molar-refractivity contribution in [3.8, 4) is 0 Å². The van der Waals surface area contributed by atoms with E-state index in [-0.39, 0.29) is 0 Å². The molecule has 0 atom stereocenters. The highest BCUT2D eigenvalue weighted by atomic mass is 32.3. The summed E-state index contributed by atoms with van der Waals surface area (Å²) in [5, 5.41) is 0. The molecule has 0 aliphatic carbocycles. The first kappa shape index (κ1) is 17.0. The minimum atomic E-state index is -4.67. The number of rotatable bonds is 0. The molecule has 72 valence electrons. The molecule has 0 radical (unpaired) electrons. The highest BCUT2D eigenvalue weighted by Gasteiger charge is 1.84. The molecule has 0 bridgehead atoms. The van der Waals surface area contributed by atoms with E-state index in [0.717, 1.165) is 13.1 Å². The highest BCUT2D eigenvalue weighted by molar-refractivity contribution is 7.79. The maximum atomic E-state index is 8.74. The summed E-state index contributed by atoms with van der Waals surface area (Å²) in [6.45, 7) is 5.31. The summed E-state index contributed by atoms with van der Waals surface area (Å²) in [7, 11) is -4.67. The zero-order chi connectivity index (χ0) is 9.91. The molecule has 6 nitrogen and oxygen atoms in total. The summed E-state index contributed by atoms with van der Waals surface area (Å²) < 4.78 is 31.6. The molecule has 0 aromatic carbocycles. The lowest BCUT2D eigenvalue weighted by atomic mass is 10.8. The van der Waals surface area contributed by atoms with Crippen LogP contribution in [0.25, 0.3) is 0 Å². The fraction of sp³-hybridized carbons (Fsp3) is 1.00. The van der Waals surface area contributed by atoms with Crippen molar-refractivity contribution < 1.29 is 17.5 Å². The summed E-state index contributed by atoms with van der Waals surface area (Å²) in [6.07, 6.45) is 0. The van der Waals surface area contributed by atoms with Gasteiger partial charge in [-0.2, -0.15) is 8.42 Å². The van der Waals surface area contributed by atoms with E-state index in [1.165, 1.54) is 0 Å². The molecule has 0 amide bonds. The van der Waals surface area contributed by atoms with E-state index in [2.05, 4.69) is 0 Å². The first-order valence-electron chi connectivity index (χ1n) is 2.93. The standard InChI is InChI=1S/2C2H7N.H2O4S/c2*1-2-3;1-5(2,3)4/h2*2-3H2,1H3;(H2,1,2,3,4). The Bertz CT molecular complexity index is 123. The first-order chi connectivity index (χ1) is 4.83. The molecule has 0 saturated heterocycles. The second kappa shape index (κ2) is 12.5. The van der Waals surface area contributed by atoms with E-state index in [1.54, 1.807) is 0 Å². The quantitative estimate of drug-likeness (QED) is 0.371. The third-order valence-electron chi connectivity index (χ3n) is 0. The van der Waals surface area contributed by atoms with Crippen LogP contribution in [0.1, 0.15) is 13.8 Å². The Kier molecular flexibility index (Phi) is 19.3. The topological polar surface area (TPSA) is 127 Å². The fourth-order valence-corrected chi connectivity index (χ4v) is 0. The summed E-state index contributed by atoms with van der Waals surface area (Å²) in [6, 6.07) is 0. The zero-order valence-corrected chi connectivity index (χ0v) is 7.50. The van der Waals surface area contributed by atoms with Crippen LogP contribution in [-0.2, 0) is 10.4 Å². The van der Waals surface area contributed by atoms with Crippen LogP contribution < -0.4 is 11.5 Å². The maximum absolute atomic E-state index is 8.74. The molecule has 0 aliphatic heterocycles. The number of nitrogens with two attached hydrogens (primary N) is 2. The lowest BCUT2D eigenvalue weighted by Crippen LogP contribution is -1.89. The van der Waals surface area contributed by atoms with Gasteiger partial charge in [0, 0.05) is 0 Å². The average Bonchev–Trinajstić information content (AvgIpc) is 1.62. The van der Waals surface area contributed by atoms with Gasteiger partial charge in [-0.25, -0.2) is 0 Å². The average molecular weight is 188 g/mol. The van der Waals surface area contributed by atoms with Crippen LogP contribution in [0.3, 0.4) is 0 Å². The second-order valence-corrected chi connectivity index (χ2v) is 2.16. The Morgan fingerprint density at radius 1 is 1.09 bits per heavy atom. The predicted octanol–water partition coefficient (Wildman–Crippen LogP) is -0.723. The van der Waals surface area contributed by atoms with Gasteiger partial charge in [0.1, 0.15) is 0 Å². The smallest absolute Gasteiger partial charge is 0.331 e. The van der Waals surface area contributed by atoms with Gasteiger partial charge < -0.3 is 11.5 Å². The Morgan fingerprint density at radius 3 is 1.09 bits per heavy atom. The van der Waals surface area contributed by atoms with Crippen LogP contribution in [0, 0.1) is 0 Å². The largest absolute Gasteiger partial charge is 0.394 e. The third kappa shape index (κ3) is 13500. The SMILES string of the molecule is CCN.CCN.O=S(=O)(O)O. The highest BCUT2D eigenvalue weighted by Crippen LogP contribution is 1.59. The summed E-state index contributed by atoms with van der Waals surface area (Å²) in [5.74, 6) is 0. The van der Waals surface area contributed by atoms with Gasteiger partial charge in [-0.1, -0.05) is 13.8 Å². The molecule has 0 unspecified atom stereocenters. The van der Waals surface area contributed by atoms with E-state index in [9.17, 15) is 0 Å². The first-order valence-corrected chi connectivity index (χ1v) is 4.33. The van der Waals surface area contributed by atoms with Crippen LogP contribution in [0.15, 0.2) is 0 Å². The Labute approximate surface area is 67.2 Å². The lowest BCUT2D eigenvalue weighted by molar-refractivity contribution is 0.381. The van der Waals surface area contributed by atoms with Crippen molar-refractivity contribution in [3.05, 3.63) is 0 Å². The summed E-state index contributed by atoms with van der Waals surface area (Å²) in [5.41, 5.74) is 9.69. The van der Waals surface area contributed by atoms with Gasteiger partial charge in [0.15, 0.2) is 0 Å². The van der Waals surface area contributed by atoms with E-state index >= 15 is 0 Å². The lowest BCUT2D eigenvalue weighted by Gasteiger charge is -1.68. The van der Waals surface area contributed by atoms with Crippen molar-refractivity contribution >= 4 is 10.4 Å². The normalized spacial score (nSPS) is 8.55. The molecule has 6 N–H and O–H groups in total. The van der Waals surface area contributed by atoms with E-state index < -0.39 is 10.4 Å². The molecular formula is C4H16N2O4S. The van der Waals surface area contributed by atoms with Crippen molar-refractivity contribution in [2.24, 2.45) is 11.5 Å². The number of hydrogen-bond donors (Lipinski definition) is 4. The zero-order valence-electron chi connectivity index (χ0n) is 6.69. The van der Waals surface area contributed by atoms with Crippen molar-refractivity contribution in [1.29, 1.82) is 0 Å². The van der Waals surface area contributed by atoms with Crippen LogP contribution >= 0.6 is 0 Å². The van der Waals surface area contributed by atoms with E-state index in [4.69, 9.17) is 29.0 Å². The van der Waals surface area contributed by atoms with Gasteiger partial charge >= 0.3 is 10.4 Å². The van der Waals surface area contributed by atoms with Gasteiger partial charge in [0.25, 0.3) is 0 Å². The van der Waals surface area contributed by atoms with E-state index in [0.29, 0.717) is 0 Å². The molecule has 7 heteroatoms. The Balaban J connectivity index is -0.0000000933. The molecule has 0 aromatic heterocycles. The molecule has 0 rings (SSSR count). The molecule has 0 aliphatic rings. The van der Waals surface area contributed by atoms with Crippen molar-refractivity contribution in [3.63, 3.8) is 0 Å². The molecular weight excluding hydrogens is 172 g/mol. The molecule has 0 aromatic rings. The molecule has 0 fully saturated rings. The minimum absolute atomic E-state index is 0.750. The van der Waals surface area contributed by atoms with Gasteiger partial charge in [-0.05, 0) is 13.1 Å². The van der Waals surface area contributed by atoms with Crippen LogP contribution in [-0.4, -0.2) is 30.6 Å². The van der Waals surface area contributed by atoms with Gasteiger partial charge in [0.2, 0.25) is 0 Å². The van der Waals surface area contributed by atoms with Crippen LogP contribution in [0.4, 0.5) is 0 Å². The molecule has 11 heavy (non-hydrogen) atoms. The van der Waals surface area contributed by atoms with Crippen LogP contribution in [0.5, 0.6) is 0 Å².